The first-order valence-corrected chi connectivity index (χ1v) is 8.26. The molecule has 6 nitrogen and oxygen atoms in total. The molecule has 0 aliphatic carbocycles. The zero-order chi connectivity index (χ0) is 15.9. The molecule has 0 saturated heterocycles. The minimum Gasteiger partial charge on any atom is -0.349 e. The molecular weight excluding hydrogens is 298 g/mol. The number of nitrogens with two attached hydrogens (primary N) is 1. The number of nitrogen functional groups attached to an aromatic ring is 1. The summed E-state index contributed by atoms with van der Waals surface area (Å²) in [6.45, 7) is 4.02. The summed E-state index contributed by atoms with van der Waals surface area (Å²) in [5, 5.41) is 11.6. The normalized spacial score (nSPS) is 12.1. The molecular formula is C15H21N5OS. The Morgan fingerprint density at radius 1 is 1.36 bits per heavy atom. The van der Waals surface area contributed by atoms with E-state index in [4.69, 9.17) is 5.84 Å². The summed E-state index contributed by atoms with van der Waals surface area (Å²) >= 11 is 1.29. The highest BCUT2D eigenvalue weighted by Gasteiger charge is 2.13. The Morgan fingerprint density at radius 2 is 2.09 bits per heavy atom. The first-order valence-electron chi connectivity index (χ1n) is 7.28. The van der Waals surface area contributed by atoms with Gasteiger partial charge in [-0.25, -0.2) is 4.68 Å². The highest BCUT2D eigenvalue weighted by Crippen LogP contribution is 2.16. The second kappa shape index (κ2) is 7.84. The van der Waals surface area contributed by atoms with E-state index in [-0.39, 0.29) is 17.7 Å². The smallest absolute Gasteiger partial charge is 0.230 e. The predicted molar refractivity (Wildman–Crippen MR) is 87.9 cm³/mol. The number of carbonyl (C=O) groups excluding carboxylic acids is 1. The van der Waals surface area contributed by atoms with Gasteiger partial charge in [-0.2, -0.15) is 0 Å². The standard InChI is InChI=1S/C15H21N5OS/c1-3-7-13-18-19-15(20(13)16)22-10-14(21)17-11(2)12-8-5-4-6-9-12/h4-6,8-9,11H,3,7,10,16H2,1-2H3,(H,17,21)/t11-/m1/s1. The maximum absolute atomic E-state index is 12.0. The third-order valence-corrected chi connectivity index (χ3v) is 4.16. The van der Waals surface area contributed by atoms with E-state index in [2.05, 4.69) is 22.4 Å². The number of aryl methyl sites for hydroxylation is 1. The molecule has 118 valence electrons. The van der Waals surface area contributed by atoms with Crippen LogP contribution >= 0.6 is 11.8 Å². The summed E-state index contributed by atoms with van der Waals surface area (Å²) in [4.78, 5) is 12.0. The molecule has 0 aliphatic rings. The summed E-state index contributed by atoms with van der Waals surface area (Å²) < 4.78 is 1.46. The maximum atomic E-state index is 12.0. The van der Waals surface area contributed by atoms with Crippen molar-refractivity contribution in [3.8, 4) is 0 Å². The third kappa shape index (κ3) is 4.24. The van der Waals surface area contributed by atoms with Crippen LogP contribution in [0.15, 0.2) is 35.5 Å². The van der Waals surface area contributed by atoms with Gasteiger partial charge in [0.2, 0.25) is 11.1 Å². The molecule has 1 amide bonds. The Kier molecular flexibility index (Phi) is 5.83. The minimum absolute atomic E-state index is 0.0271. The van der Waals surface area contributed by atoms with Crippen molar-refractivity contribution in [3.05, 3.63) is 41.7 Å². The van der Waals surface area contributed by atoms with Crippen molar-refractivity contribution in [1.82, 2.24) is 20.2 Å². The van der Waals surface area contributed by atoms with E-state index >= 15 is 0 Å². The van der Waals surface area contributed by atoms with Crippen LogP contribution in [-0.2, 0) is 11.2 Å². The number of nitrogens with one attached hydrogen (secondary N) is 1. The van der Waals surface area contributed by atoms with Crippen LogP contribution < -0.4 is 11.2 Å². The van der Waals surface area contributed by atoms with Gasteiger partial charge in [-0.1, -0.05) is 49.0 Å². The molecule has 0 saturated carbocycles. The summed E-state index contributed by atoms with van der Waals surface area (Å²) in [5.41, 5.74) is 1.08. The van der Waals surface area contributed by atoms with Gasteiger partial charge in [0, 0.05) is 6.42 Å². The molecule has 0 aliphatic heterocycles. The van der Waals surface area contributed by atoms with Crippen LogP contribution in [0.5, 0.6) is 0 Å². The maximum Gasteiger partial charge on any atom is 0.230 e. The highest BCUT2D eigenvalue weighted by molar-refractivity contribution is 7.99. The monoisotopic (exact) mass is 319 g/mol. The summed E-state index contributed by atoms with van der Waals surface area (Å²) in [6, 6.07) is 9.82. The van der Waals surface area contributed by atoms with Crippen molar-refractivity contribution in [3.63, 3.8) is 0 Å². The Labute approximate surface area is 134 Å². The van der Waals surface area contributed by atoms with E-state index in [1.807, 2.05) is 37.3 Å². The van der Waals surface area contributed by atoms with Gasteiger partial charge in [0.15, 0.2) is 5.82 Å². The average Bonchev–Trinajstić information content (AvgIpc) is 2.87. The van der Waals surface area contributed by atoms with E-state index < -0.39 is 0 Å². The van der Waals surface area contributed by atoms with Crippen LogP contribution in [0, 0.1) is 0 Å². The lowest BCUT2D eigenvalue weighted by Crippen LogP contribution is -2.28. The number of benzene rings is 1. The van der Waals surface area contributed by atoms with Gasteiger partial charge >= 0.3 is 0 Å². The largest absolute Gasteiger partial charge is 0.349 e. The zero-order valence-corrected chi connectivity index (χ0v) is 13.6. The number of hydrogen-bond acceptors (Lipinski definition) is 5. The van der Waals surface area contributed by atoms with Crippen LogP contribution in [0.25, 0.3) is 0 Å². The van der Waals surface area contributed by atoms with Crippen molar-refractivity contribution < 1.29 is 4.79 Å². The van der Waals surface area contributed by atoms with Crippen LogP contribution in [-0.4, -0.2) is 26.5 Å². The number of aromatic nitrogens is 3. The molecule has 2 rings (SSSR count). The predicted octanol–water partition coefficient (Wildman–Crippen LogP) is 1.91. The first kappa shape index (κ1) is 16.4. The topological polar surface area (TPSA) is 85.8 Å². The molecule has 2 aromatic rings. The number of nitrogens with zero attached hydrogens (tertiary/aromatic N) is 3. The van der Waals surface area contributed by atoms with Crippen molar-refractivity contribution in [1.29, 1.82) is 0 Å². The van der Waals surface area contributed by atoms with Crippen LogP contribution in [0.4, 0.5) is 0 Å². The fourth-order valence-electron chi connectivity index (χ4n) is 2.04. The molecule has 22 heavy (non-hydrogen) atoms. The van der Waals surface area contributed by atoms with E-state index in [0.29, 0.717) is 5.16 Å². The van der Waals surface area contributed by atoms with Crippen LogP contribution in [0.3, 0.4) is 0 Å². The third-order valence-electron chi connectivity index (χ3n) is 3.22. The SMILES string of the molecule is CCCc1nnc(SCC(=O)N[C@H](C)c2ccccc2)n1N. The lowest BCUT2D eigenvalue weighted by Gasteiger charge is -2.13. The van der Waals surface area contributed by atoms with Gasteiger partial charge in [-0.3, -0.25) is 4.79 Å². The average molecular weight is 319 g/mol. The Bertz CT molecular complexity index is 614. The summed E-state index contributed by atoms with van der Waals surface area (Å²) in [5.74, 6) is 6.85. The van der Waals surface area contributed by atoms with Crippen LogP contribution in [0.1, 0.15) is 37.7 Å². The minimum atomic E-state index is -0.0543. The van der Waals surface area contributed by atoms with Gasteiger partial charge in [0.25, 0.3) is 0 Å². The van der Waals surface area contributed by atoms with E-state index in [9.17, 15) is 4.79 Å². The molecule has 1 aromatic heterocycles. The molecule has 3 N–H and O–H groups in total. The first-order chi connectivity index (χ1) is 10.6. The Balaban J connectivity index is 1.85. The quantitative estimate of drug-likeness (QED) is 0.601. The zero-order valence-electron chi connectivity index (χ0n) is 12.8. The van der Waals surface area contributed by atoms with Crippen molar-refractivity contribution in [2.24, 2.45) is 0 Å². The fraction of sp³-hybridized carbons (Fsp3) is 0.400. The molecule has 7 heteroatoms. The molecule has 0 spiro atoms. The van der Waals surface area contributed by atoms with Crippen molar-refractivity contribution >= 4 is 17.7 Å². The molecule has 1 aromatic carbocycles. The van der Waals surface area contributed by atoms with Gasteiger partial charge < -0.3 is 11.2 Å². The van der Waals surface area contributed by atoms with Gasteiger partial charge in [-0.05, 0) is 18.9 Å². The lowest BCUT2D eigenvalue weighted by molar-refractivity contribution is -0.119. The van der Waals surface area contributed by atoms with E-state index in [1.165, 1.54) is 16.4 Å². The van der Waals surface area contributed by atoms with E-state index in [0.717, 1.165) is 24.2 Å². The number of hydrogen-bond donors (Lipinski definition) is 2. The number of amides is 1. The number of carbonyl (C=O) groups is 1. The second-order valence-electron chi connectivity index (χ2n) is 5.01. The summed E-state index contributed by atoms with van der Waals surface area (Å²) in [7, 11) is 0. The number of thioether (sulfide) groups is 1. The van der Waals surface area contributed by atoms with Crippen molar-refractivity contribution in [2.45, 2.75) is 37.9 Å². The van der Waals surface area contributed by atoms with E-state index in [1.54, 1.807) is 0 Å². The Morgan fingerprint density at radius 3 is 2.77 bits per heavy atom. The molecule has 0 fully saturated rings. The molecule has 0 radical (unpaired) electrons. The highest BCUT2D eigenvalue weighted by atomic mass is 32.2. The molecule has 0 bridgehead atoms. The number of rotatable bonds is 7. The van der Waals surface area contributed by atoms with Crippen molar-refractivity contribution in [2.75, 3.05) is 11.6 Å². The van der Waals surface area contributed by atoms with Gasteiger partial charge in [-0.15, -0.1) is 10.2 Å². The molecule has 0 unspecified atom stereocenters. The van der Waals surface area contributed by atoms with Crippen LogP contribution in [0.2, 0.25) is 0 Å². The lowest BCUT2D eigenvalue weighted by atomic mass is 10.1. The molecule has 1 heterocycles. The fourth-order valence-corrected chi connectivity index (χ4v) is 2.72. The Hall–Kier alpha value is -2.02. The molecule has 1 atom stereocenters. The second-order valence-corrected chi connectivity index (χ2v) is 5.95. The summed E-state index contributed by atoms with van der Waals surface area (Å²) in [6.07, 6.45) is 1.73. The van der Waals surface area contributed by atoms with Gasteiger partial charge in [0.1, 0.15) is 0 Å². The van der Waals surface area contributed by atoms with Gasteiger partial charge in [0.05, 0.1) is 11.8 Å².